The molecule has 0 fully saturated rings. The zero-order valence-corrected chi connectivity index (χ0v) is 12.3. The van der Waals surface area contributed by atoms with Gasteiger partial charge in [-0.25, -0.2) is 0 Å². The van der Waals surface area contributed by atoms with E-state index in [1.807, 2.05) is 0 Å². The van der Waals surface area contributed by atoms with Crippen molar-refractivity contribution in [1.29, 1.82) is 0 Å². The Kier molecular flexibility index (Phi) is 7.21. The minimum absolute atomic E-state index is 0.162. The van der Waals surface area contributed by atoms with E-state index in [0.717, 1.165) is 25.3 Å². The van der Waals surface area contributed by atoms with Crippen molar-refractivity contribution >= 4 is 17.3 Å². The summed E-state index contributed by atoms with van der Waals surface area (Å²) < 4.78 is 0. The predicted octanol–water partition coefficient (Wildman–Crippen LogP) is 3.99. The molecule has 0 atom stereocenters. The Morgan fingerprint density at radius 2 is 1.90 bits per heavy atom. The van der Waals surface area contributed by atoms with Crippen molar-refractivity contribution in [3.05, 3.63) is 28.3 Å². The van der Waals surface area contributed by atoms with Gasteiger partial charge in [0.25, 0.3) is 0 Å². The maximum absolute atomic E-state index is 11.7. The summed E-state index contributed by atoms with van der Waals surface area (Å²) in [5.74, 6) is -0.570. The lowest BCUT2D eigenvalue weighted by Crippen LogP contribution is -2.11. The molecule has 0 bridgehead atoms. The molecule has 1 aromatic rings. The number of nitro groups is 1. The maximum atomic E-state index is 11.7. The van der Waals surface area contributed by atoms with Crippen molar-refractivity contribution in [2.45, 2.75) is 51.9 Å². The number of phenols is 1. The number of carbonyl (C=O) groups excluding carboxylic acids is 1. The topological polar surface area (TPSA) is 92.5 Å². The van der Waals surface area contributed by atoms with Crippen LogP contribution in [0.4, 0.5) is 11.4 Å². The molecule has 1 rings (SSSR count). The minimum Gasteiger partial charge on any atom is -0.502 e. The van der Waals surface area contributed by atoms with Gasteiger partial charge in [-0.15, -0.1) is 0 Å². The van der Waals surface area contributed by atoms with Crippen LogP contribution in [0.1, 0.15) is 51.9 Å². The van der Waals surface area contributed by atoms with Gasteiger partial charge in [-0.2, -0.15) is 0 Å². The Hall–Kier alpha value is -2.11. The van der Waals surface area contributed by atoms with Crippen LogP contribution in [0.2, 0.25) is 0 Å². The summed E-state index contributed by atoms with van der Waals surface area (Å²) in [5.41, 5.74) is -0.0807. The molecule has 0 unspecified atom stereocenters. The van der Waals surface area contributed by atoms with E-state index in [1.54, 1.807) is 0 Å². The molecule has 0 saturated heterocycles. The van der Waals surface area contributed by atoms with E-state index in [0.29, 0.717) is 12.1 Å². The molecule has 21 heavy (non-hydrogen) atoms. The summed E-state index contributed by atoms with van der Waals surface area (Å²) in [5, 5.41) is 22.6. The van der Waals surface area contributed by atoms with Crippen LogP contribution in [0.3, 0.4) is 0 Å². The summed E-state index contributed by atoms with van der Waals surface area (Å²) in [6, 6.07) is 3.81. The molecular formula is C15H22N2O4. The second-order valence-corrected chi connectivity index (χ2v) is 5.03. The Balaban J connectivity index is 2.38. The zero-order valence-electron chi connectivity index (χ0n) is 12.3. The van der Waals surface area contributed by atoms with Gasteiger partial charge >= 0.3 is 5.69 Å². The highest BCUT2D eigenvalue weighted by molar-refractivity contribution is 5.91. The number of unbranched alkanes of at least 4 members (excludes halogenated alkanes) is 5. The molecule has 2 N–H and O–H groups in total. The quantitative estimate of drug-likeness (QED) is 0.312. The summed E-state index contributed by atoms with van der Waals surface area (Å²) in [6.07, 6.45) is 6.98. The third kappa shape index (κ3) is 6.25. The number of amides is 1. The molecule has 116 valence electrons. The first kappa shape index (κ1) is 16.9. The molecule has 1 amide bonds. The van der Waals surface area contributed by atoms with Crippen molar-refractivity contribution in [3.63, 3.8) is 0 Å². The van der Waals surface area contributed by atoms with E-state index >= 15 is 0 Å². The average Bonchev–Trinajstić information content (AvgIpc) is 2.44. The Morgan fingerprint density at radius 1 is 1.24 bits per heavy atom. The lowest BCUT2D eigenvalue weighted by molar-refractivity contribution is -0.385. The lowest BCUT2D eigenvalue weighted by Gasteiger charge is -2.06. The Morgan fingerprint density at radius 3 is 2.57 bits per heavy atom. The molecule has 0 heterocycles. The molecule has 1 aromatic carbocycles. The fourth-order valence-corrected chi connectivity index (χ4v) is 2.04. The number of hydrogen-bond donors (Lipinski definition) is 2. The highest BCUT2D eigenvalue weighted by Gasteiger charge is 2.14. The molecule has 0 aliphatic rings. The van der Waals surface area contributed by atoms with Crippen LogP contribution in [0, 0.1) is 10.1 Å². The maximum Gasteiger partial charge on any atom is 0.312 e. The van der Waals surface area contributed by atoms with Crippen LogP contribution in [0.15, 0.2) is 18.2 Å². The number of nitrogens with zero attached hydrogens (tertiary/aromatic N) is 1. The number of rotatable bonds is 9. The van der Waals surface area contributed by atoms with Gasteiger partial charge in [0, 0.05) is 18.2 Å². The van der Waals surface area contributed by atoms with E-state index in [2.05, 4.69) is 12.2 Å². The minimum atomic E-state index is -0.682. The van der Waals surface area contributed by atoms with Crippen molar-refractivity contribution in [3.8, 4) is 5.75 Å². The number of carbonyl (C=O) groups is 1. The van der Waals surface area contributed by atoms with Gasteiger partial charge in [0.05, 0.1) is 4.92 Å². The Bertz CT molecular complexity index is 489. The van der Waals surface area contributed by atoms with Gasteiger partial charge in [0.1, 0.15) is 0 Å². The first-order chi connectivity index (χ1) is 10.0. The fraction of sp³-hybridized carbons (Fsp3) is 0.533. The van der Waals surface area contributed by atoms with Crippen LogP contribution in [0.5, 0.6) is 5.75 Å². The number of phenolic OH excluding ortho intramolecular Hbond substituents is 1. The molecule has 0 radical (unpaired) electrons. The van der Waals surface area contributed by atoms with Crippen molar-refractivity contribution in [2.24, 2.45) is 0 Å². The summed E-state index contributed by atoms with van der Waals surface area (Å²) in [7, 11) is 0. The average molecular weight is 294 g/mol. The van der Waals surface area contributed by atoms with Crippen LogP contribution >= 0.6 is 0 Å². The van der Waals surface area contributed by atoms with Crippen LogP contribution in [-0.2, 0) is 4.79 Å². The van der Waals surface area contributed by atoms with Crippen molar-refractivity contribution in [2.75, 3.05) is 5.32 Å². The number of nitro benzene ring substituents is 1. The van der Waals surface area contributed by atoms with E-state index in [1.165, 1.54) is 31.4 Å². The van der Waals surface area contributed by atoms with Crippen LogP contribution in [-0.4, -0.2) is 15.9 Å². The Labute approximate surface area is 124 Å². The normalized spacial score (nSPS) is 10.3. The van der Waals surface area contributed by atoms with Gasteiger partial charge < -0.3 is 10.4 Å². The first-order valence-electron chi connectivity index (χ1n) is 7.32. The van der Waals surface area contributed by atoms with Gasteiger partial charge in [0.2, 0.25) is 5.91 Å². The third-order valence-corrected chi connectivity index (χ3v) is 3.21. The molecule has 6 heteroatoms. The molecular weight excluding hydrogens is 272 g/mol. The SMILES string of the molecule is CCCCCCCCC(=O)Nc1ccc(O)c([N+](=O)[O-])c1. The van der Waals surface area contributed by atoms with Gasteiger partial charge in [0.15, 0.2) is 5.75 Å². The standard InChI is InChI=1S/C15H22N2O4/c1-2-3-4-5-6-7-8-15(19)16-12-9-10-14(18)13(11-12)17(20)21/h9-11,18H,2-8H2,1H3,(H,16,19). The fourth-order valence-electron chi connectivity index (χ4n) is 2.04. The number of aromatic hydroxyl groups is 1. The molecule has 0 aliphatic carbocycles. The predicted molar refractivity (Wildman–Crippen MR) is 81.4 cm³/mol. The number of nitrogens with one attached hydrogen (secondary N) is 1. The van der Waals surface area contributed by atoms with Crippen LogP contribution < -0.4 is 5.32 Å². The van der Waals surface area contributed by atoms with Crippen LogP contribution in [0.25, 0.3) is 0 Å². The smallest absolute Gasteiger partial charge is 0.312 e. The summed E-state index contributed by atoms with van der Waals surface area (Å²) in [4.78, 5) is 21.7. The molecule has 6 nitrogen and oxygen atoms in total. The van der Waals surface area contributed by atoms with Crippen molar-refractivity contribution < 1.29 is 14.8 Å². The highest BCUT2D eigenvalue weighted by Crippen LogP contribution is 2.28. The van der Waals surface area contributed by atoms with E-state index < -0.39 is 16.4 Å². The molecule has 0 spiro atoms. The lowest BCUT2D eigenvalue weighted by atomic mass is 10.1. The third-order valence-electron chi connectivity index (χ3n) is 3.21. The van der Waals surface area contributed by atoms with Gasteiger partial charge in [-0.05, 0) is 18.6 Å². The summed E-state index contributed by atoms with van der Waals surface area (Å²) >= 11 is 0. The monoisotopic (exact) mass is 294 g/mol. The largest absolute Gasteiger partial charge is 0.502 e. The van der Waals surface area contributed by atoms with E-state index in [-0.39, 0.29) is 5.91 Å². The van der Waals surface area contributed by atoms with E-state index in [9.17, 15) is 20.0 Å². The first-order valence-corrected chi connectivity index (χ1v) is 7.32. The second-order valence-electron chi connectivity index (χ2n) is 5.03. The molecule has 0 aromatic heterocycles. The molecule has 0 saturated carbocycles. The van der Waals surface area contributed by atoms with E-state index in [4.69, 9.17) is 0 Å². The highest BCUT2D eigenvalue weighted by atomic mass is 16.6. The number of hydrogen-bond acceptors (Lipinski definition) is 4. The van der Waals surface area contributed by atoms with Gasteiger partial charge in [-0.3, -0.25) is 14.9 Å². The zero-order chi connectivity index (χ0) is 15.7. The number of anilines is 1. The van der Waals surface area contributed by atoms with Gasteiger partial charge in [-0.1, -0.05) is 39.0 Å². The summed E-state index contributed by atoms with van der Waals surface area (Å²) in [6.45, 7) is 2.16. The second kappa shape index (κ2) is 8.94. The van der Waals surface area contributed by atoms with Crippen molar-refractivity contribution in [1.82, 2.24) is 0 Å². The number of benzene rings is 1. The molecule has 0 aliphatic heterocycles.